The van der Waals surface area contributed by atoms with Crippen molar-refractivity contribution in [3.8, 4) is 22.5 Å². The molecule has 0 unspecified atom stereocenters. The number of carbonyl (C=O) groups is 1. The van der Waals surface area contributed by atoms with E-state index in [-0.39, 0.29) is 0 Å². The summed E-state index contributed by atoms with van der Waals surface area (Å²) in [5, 5.41) is 0. The molecule has 0 atom stereocenters. The maximum Gasteiger partial charge on any atom is 0.209 e. The van der Waals surface area contributed by atoms with Gasteiger partial charge in [0.05, 0.1) is 17.6 Å². The third-order valence-electron chi connectivity index (χ3n) is 4.64. The zero-order chi connectivity index (χ0) is 17.8. The Labute approximate surface area is 152 Å². The molecule has 5 nitrogen and oxygen atoms in total. The molecule has 2 aromatic carbocycles. The van der Waals surface area contributed by atoms with E-state index in [1.807, 2.05) is 42.6 Å². The van der Waals surface area contributed by atoms with Gasteiger partial charge in [0, 0.05) is 37.3 Å². The Bertz CT molecular complexity index is 875. The molecule has 0 bridgehead atoms. The van der Waals surface area contributed by atoms with Crippen LogP contribution in [0.5, 0.6) is 0 Å². The molecule has 1 saturated heterocycles. The summed E-state index contributed by atoms with van der Waals surface area (Å²) in [5.74, 6) is 0.856. The summed E-state index contributed by atoms with van der Waals surface area (Å²) in [5.41, 5.74) is 3.86. The van der Waals surface area contributed by atoms with Crippen LogP contribution in [-0.2, 0) is 4.79 Å². The Hall–Kier alpha value is -3.21. The van der Waals surface area contributed by atoms with Crippen LogP contribution < -0.4 is 4.90 Å². The number of nitrogens with zero attached hydrogens (tertiary/aromatic N) is 4. The molecule has 0 aliphatic carbocycles. The van der Waals surface area contributed by atoms with Gasteiger partial charge < -0.3 is 9.80 Å². The van der Waals surface area contributed by atoms with Gasteiger partial charge in [-0.3, -0.25) is 9.78 Å². The number of hydrogen-bond donors (Lipinski definition) is 0. The summed E-state index contributed by atoms with van der Waals surface area (Å²) >= 11 is 0. The van der Waals surface area contributed by atoms with Crippen LogP contribution in [0.25, 0.3) is 22.5 Å². The Morgan fingerprint density at radius 2 is 1.35 bits per heavy atom. The molecule has 0 spiro atoms. The van der Waals surface area contributed by atoms with Gasteiger partial charge in [-0.1, -0.05) is 60.7 Å². The summed E-state index contributed by atoms with van der Waals surface area (Å²) in [4.78, 5) is 24.6. The molecular formula is C21H20N4O. The highest BCUT2D eigenvalue weighted by atomic mass is 16.1. The number of piperazine rings is 1. The Kier molecular flexibility index (Phi) is 4.60. The summed E-state index contributed by atoms with van der Waals surface area (Å²) < 4.78 is 0. The second-order valence-corrected chi connectivity index (χ2v) is 6.29. The van der Waals surface area contributed by atoms with Crippen LogP contribution in [0.3, 0.4) is 0 Å². The number of amides is 1. The molecule has 3 aromatic rings. The second-order valence-electron chi connectivity index (χ2n) is 6.29. The highest BCUT2D eigenvalue weighted by Crippen LogP contribution is 2.30. The number of rotatable bonds is 4. The van der Waals surface area contributed by atoms with E-state index in [1.165, 1.54) is 0 Å². The number of aromatic nitrogens is 2. The zero-order valence-electron chi connectivity index (χ0n) is 14.5. The summed E-state index contributed by atoms with van der Waals surface area (Å²) in [6, 6.07) is 20.3. The van der Waals surface area contributed by atoms with Crippen molar-refractivity contribution in [1.29, 1.82) is 0 Å². The summed E-state index contributed by atoms with van der Waals surface area (Å²) in [6.07, 6.45) is 2.75. The summed E-state index contributed by atoms with van der Waals surface area (Å²) in [6.45, 7) is 2.97. The van der Waals surface area contributed by atoms with Gasteiger partial charge in [0.15, 0.2) is 0 Å². The molecule has 0 N–H and O–H groups in total. The van der Waals surface area contributed by atoms with E-state index >= 15 is 0 Å². The molecule has 0 saturated carbocycles. The maximum atomic E-state index is 10.9. The largest absolute Gasteiger partial charge is 0.352 e. The first-order chi connectivity index (χ1) is 12.8. The van der Waals surface area contributed by atoms with Gasteiger partial charge in [-0.2, -0.15) is 0 Å². The first-order valence-corrected chi connectivity index (χ1v) is 8.77. The van der Waals surface area contributed by atoms with Crippen molar-refractivity contribution in [2.75, 3.05) is 31.1 Å². The molecule has 0 radical (unpaired) electrons. The average molecular weight is 344 g/mol. The fourth-order valence-electron chi connectivity index (χ4n) is 3.19. The van der Waals surface area contributed by atoms with Gasteiger partial charge >= 0.3 is 0 Å². The van der Waals surface area contributed by atoms with Crippen molar-refractivity contribution >= 4 is 12.2 Å². The minimum Gasteiger partial charge on any atom is -0.352 e. The molecule has 26 heavy (non-hydrogen) atoms. The van der Waals surface area contributed by atoms with Crippen LogP contribution in [0, 0.1) is 0 Å². The average Bonchev–Trinajstić information content (AvgIpc) is 2.75. The molecular weight excluding hydrogens is 324 g/mol. The Morgan fingerprint density at radius 1 is 0.769 bits per heavy atom. The van der Waals surface area contributed by atoms with Crippen LogP contribution in [0.1, 0.15) is 0 Å². The van der Waals surface area contributed by atoms with Crippen molar-refractivity contribution in [1.82, 2.24) is 14.9 Å². The second kappa shape index (κ2) is 7.35. The monoisotopic (exact) mass is 344 g/mol. The van der Waals surface area contributed by atoms with E-state index in [0.29, 0.717) is 13.1 Å². The number of anilines is 1. The number of carbonyl (C=O) groups excluding carboxylic acids is 1. The predicted octanol–water partition coefficient (Wildman–Crippen LogP) is 3.09. The minimum absolute atomic E-state index is 0.715. The highest BCUT2D eigenvalue weighted by molar-refractivity contribution is 5.78. The molecule has 4 rings (SSSR count). The first-order valence-electron chi connectivity index (χ1n) is 8.77. The van der Waals surface area contributed by atoms with E-state index in [1.54, 1.807) is 4.90 Å². The zero-order valence-corrected chi connectivity index (χ0v) is 14.5. The van der Waals surface area contributed by atoms with Gasteiger partial charge in [0.25, 0.3) is 0 Å². The lowest BCUT2D eigenvalue weighted by molar-refractivity contribution is -0.118. The standard InChI is InChI=1S/C21H20N4O/c26-16-24-11-13-25(14-12-24)19-15-22-20(17-7-3-1-4-8-17)21(23-19)18-9-5-2-6-10-18/h1-10,15-16H,11-14H2. The molecule has 1 amide bonds. The molecule has 5 heteroatoms. The third kappa shape index (κ3) is 3.28. The fourth-order valence-corrected chi connectivity index (χ4v) is 3.19. The topological polar surface area (TPSA) is 49.3 Å². The third-order valence-corrected chi connectivity index (χ3v) is 4.64. The van der Waals surface area contributed by atoms with Gasteiger partial charge in [-0.05, 0) is 0 Å². The lowest BCUT2D eigenvalue weighted by Gasteiger charge is -2.33. The molecule has 130 valence electrons. The van der Waals surface area contributed by atoms with Crippen LogP contribution in [0.15, 0.2) is 66.9 Å². The van der Waals surface area contributed by atoms with Crippen molar-refractivity contribution in [3.05, 3.63) is 66.9 Å². The van der Waals surface area contributed by atoms with Crippen LogP contribution >= 0.6 is 0 Å². The van der Waals surface area contributed by atoms with Gasteiger partial charge in [-0.15, -0.1) is 0 Å². The molecule has 1 fully saturated rings. The molecule has 2 heterocycles. The Morgan fingerprint density at radius 3 is 1.92 bits per heavy atom. The maximum absolute atomic E-state index is 10.9. The smallest absolute Gasteiger partial charge is 0.209 e. The first kappa shape index (κ1) is 16.3. The van der Waals surface area contributed by atoms with Gasteiger partial charge in [0.2, 0.25) is 6.41 Å². The minimum atomic E-state index is 0.715. The van der Waals surface area contributed by atoms with Gasteiger partial charge in [-0.25, -0.2) is 4.98 Å². The van der Waals surface area contributed by atoms with E-state index < -0.39 is 0 Å². The normalized spacial score (nSPS) is 14.3. The lowest BCUT2D eigenvalue weighted by atomic mass is 10.0. The lowest BCUT2D eigenvalue weighted by Crippen LogP contribution is -2.46. The van der Waals surface area contributed by atoms with Crippen LogP contribution in [-0.4, -0.2) is 47.5 Å². The van der Waals surface area contributed by atoms with Crippen molar-refractivity contribution in [2.24, 2.45) is 0 Å². The number of hydrogen-bond acceptors (Lipinski definition) is 4. The van der Waals surface area contributed by atoms with E-state index in [0.717, 1.165) is 47.8 Å². The van der Waals surface area contributed by atoms with E-state index in [4.69, 9.17) is 9.97 Å². The van der Waals surface area contributed by atoms with E-state index in [2.05, 4.69) is 29.2 Å². The van der Waals surface area contributed by atoms with Crippen LogP contribution in [0.4, 0.5) is 5.82 Å². The summed E-state index contributed by atoms with van der Waals surface area (Å²) in [7, 11) is 0. The van der Waals surface area contributed by atoms with Gasteiger partial charge in [0.1, 0.15) is 5.82 Å². The molecule has 1 aliphatic heterocycles. The van der Waals surface area contributed by atoms with Crippen molar-refractivity contribution in [3.63, 3.8) is 0 Å². The molecule has 1 aromatic heterocycles. The van der Waals surface area contributed by atoms with Crippen molar-refractivity contribution < 1.29 is 4.79 Å². The fraction of sp³-hybridized carbons (Fsp3) is 0.190. The quantitative estimate of drug-likeness (QED) is 0.683. The van der Waals surface area contributed by atoms with Crippen LogP contribution in [0.2, 0.25) is 0 Å². The van der Waals surface area contributed by atoms with E-state index in [9.17, 15) is 4.79 Å². The predicted molar refractivity (Wildman–Crippen MR) is 103 cm³/mol. The molecule has 1 aliphatic rings. The SMILES string of the molecule is O=CN1CCN(c2cnc(-c3ccccc3)c(-c3ccccc3)n2)CC1. The highest BCUT2D eigenvalue weighted by Gasteiger charge is 2.19. The number of benzene rings is 2. The Balaban J connectivity index is 1.74. The van der Waals surface area contributed by atoms with Crippen molar-refractivity contribution in [2.45, 2.75) is 0 Å².